The van der Waals surface area contributed by atoms with E-state index in [1.807, 2.05) is 58.0 Å². The lowest BCUT2D eigenvalue weighted by Gasteiger charge is -1.99. The second kappa shape index (κ2) is 9.61. The fourth-order valence-corrected chi connectivity index (χ4v) is 1.46. The largest absolute Gasteiger partial charge is 0.351 e. The van der Waals surface area contributed by atoms with Gasteiger partial charge in [0.05, 0.1) is 5.69 Å². The minimum Gasteiger partial charge on any atom is -0.351 e. The first-order valence-electron chi connectivity index (χ1n) is 6.83. The third-order valence-electron chi connectivity index (χ3n) is 2.20. The third kappa shape index (κ3) is 5.14. The average Bonchev–Trinajstić information content (AvgIpc) is 2.85. The van der Waals surface area contributed by atoms with E-state index in [2.05, 4.69) is 10.4 Å². The number of aryl methyl sites for hydroxylation is 1. The zero-order chi connectivity index (χ0) is 15.5. The van der Waals surface area contributed by atoms with Gasteiger partial charge in [-0.3, -0.25) is 10.00 Å². The van der Waals surface area contributed by atoms with Crippen molar-refractivity contribution in [3.8, 4) is 11.3 Å². The van der Waals surface area contributed by atoms with E-state index >= 15 is 0 Å². The van der Waals surface area contributed by atoms with Gasteiger partial charge in [-0.2, -0.15) is 5.10 Å². The van der Waals surface area contributed by atoms with Crippen molar-refractivity contribution >= 4 is 11.8 Å². The molecule has 20 heavy (non-hydrogen) atoms. The molecular weight excluding hydrogens is 252 g/mol. The number of primary amides is 1. The van der Waals surface area contributed by atoms with Gasteiger partial charge in [0.25, 0.3) is 0 Å². The van der Waals surface area contributed by atoms with Crippen molar-refractivity contribution < 1.29 is 4.79 Å². The summed E-state index contributed by atoms with van der Waals surface area (Å²) < 4.78 is 1.58. The SMILES string of the molecule is CC.CC.Cn1nc(-c2ccccc2)cc1NC(N)=O. The topological polar surface area (TPSA) is 72.9 Å². The summed E-state index contributed by atoms with van der Waals surface area (Å²) in [4.78, 5) is 10.7. The van der Waals surface area contributed by atoms with Gasteiger partial charge in [0.1, 0.15) is 5.82 Å². The first-order valence-corrected chi connectivity index (χ1v) is 6.83. The lowest BCUT2D eigenvalue weighted by Crippen LogP contribution is -2.20. The van der Waals surface area contributed by atoms with E-state index in [4.69, 9.17) is 5.73 Å². The Kier molecular flexibility index (Phi) is 8.50. The van der Waals surface area contributed by atoms with Crippen LogP contribution in [-0.2, 0) is 7.05 Å². The smallest absolute Gasteiger partial charge is 0.317 e. The molecule has 1 aromatic carbocycles. The van der Waals surface area contributed by atoms with Crippen LogP contribution in [0.15, 0.2) is 36.4 Å². The number of benzene rings is 1. The molecule has 1 aromatic heterocycles. The molecule has 5 heteroatoms. The summed E-state index contributed by atoms with van der Waals surface area (Å²) in [5, 5.41) is 6.78. The molecule has 0 fully saturated rings. The van der Waals surface area contributed by atoms with Crippen LogP contribution in [0.1, 0.15) is 27.7 Å². The van der Waals surface area contributed by atoms with Crippen molar-refractivity contribution in [3.63, 3.8) is 0 Å². The third-order valence-corrected chi connectivity index (χ3v) is 2.20. The molecule has 0 saturated carbocycles. The molecule has 0 spiro atoms. The second-order valence-electron chi connectivity index (χ2n) is 3.39. The second-order valence-corrected chi connectivity index (χ2v) is 3.39. The van der Waals surface area contributed by atoms with E-state index in [1.165, 1.54) is 0 Å². The molecule has 0 aliphatic carbocycles. The number of carbonyl (C=O) groups is 1. The van der Waals surface area contributed by atoms with E-state index < -0.39 is 6.03 Å². The maximum Gasteiger partial charge on any atom is 0.317 e. The predicted molar refractivity (Wildman–Crippen MR) is 84.5 cm³/mol. The lowest BCUT2D eigenvalue weighted by atomic mass is 10.2. The molecule has 110 valence electrons. The molecule has 3 N–H and O–H groups in total. The van der Waals surface area contributed by atoms with Gasteiger partial charge in [-0.05, 0) is 0 Å². The molecule has 2 amide bonds. The maximum absolute atomic E-state index is 10.7. The van der Waals surface area contributed by atoms with Crippen molar-refractivity contribution in [2.75, 3.05) is 5.32 Å². The number of urea groups is 1. The van der Waals surface area contributed by atoms with Crippen molar-refractivity contribution in [1.29, 1.82) is 0 Å². The Balaban J connectivity index is 0.000000829. The molecule has 2 aromatic rings. The number of carbonyl (C=O) groups excluding carboxylic acids is 1. The highest BCUT2D eigenvalue weighted by Gasteiger charge is 2.07. The van der Waals surface area contributed by atoms with Crippen LogP contribution in [0.2, 0.25) is 0 Å². The van der Waals surface area contributed by atoms with E-state index in [0.29, 0.717) is 5.82 Å². The highest BCUT2D eigenvalue weighted by Crippen LogP contribution is 2.20. The summed E-state index contributed by atoms with van der Waals surface area (Å²) in [6.45, 7) is 8.00. The van der Waals surface area contributed by atoms with E-state index in [1.54, 1.807) is 17.8 Å². The van der Waals surface area contributed by atoms with Crippen molar-refractivity contribution in [3.05, 3.63) is 36.4 Å². The summed E-state index contributed by atoms with van der Waals surface area (Å²) in [5.74, 6) is 0.575. The summed E-state index contributed by atoms with van der Waals surface area (Å²) >= 11 is 0. The first kappa shape index (κ1) is 17.7. The van der Waals surface area contributed by atoms with Crippen molar-refractivity contribution in [2.45, 2.75) is 27.7 Å². The van der Waals surface area contributed by atoms with Crippen molar-refractivity contribution in [2.24, 2.45) is 12.8 Å². The lowest BCUT2D eigenvalue weighted by molar-refractivity contribution is 0.259. The molecule has 0 aliphatic heterocycles. The Morgan fingerprint density at radius 2 is 1.70 bits per heavy atom. The van der Waals surface area contributed by atoms with Gasteiger partial charge >= 0.3 is 6.03 Å². The maximum atomic E-state index is 10.7. The number of aromatic nitrogens is 2. The van der Waals surface area contributed by atoms with Gasteiger partial charge < -0.3 is 5.73 Å². The first-order chi connectivity index (χ1) is 9.66. The quantitative estimate of drug-likeness (QED) is 0.879. The number of nitrogens with two attached hydrogens (primary N) is 1. The Labute approximate surface area is 120 Å². The van der Waals surface area contributed by atoms with Crippen LogP contribution in [0.25, 0.3) is 11.3 Å². The minimum absolute atomic E-state index is 0.575. The normalized spacial score (nSPS) is 8.65. The van der Waals surface area contributed by atoms with E-state index in [9.17, 15) is 4.79 Å². The molecule has 0 unspecified atom stereocenters. The molecule has 0 saturated heterocycles. The van der Waals surface area contributed by atoms with Crippen LogP contribution in [0.3, 0.4) is 0 Å². The molecular formula is C15H24N4O. The predicted octanol–water partition coefficient (Wildman–Crippen LogP) is 3.63. The fourth-order valence-electron chi connectivity index (χ4n) is 1.46. The van der Waals surface area contributed by atoms with Crippen LogP contribution in [0, 0.1) is 0 Å². The number of nitrogens with zero attached hydrogens (tertiary/aromatic N) is 2. The highest BCUT2D eigenvalue weighted by molar-refractivity contribution is 5.87. The number of amides is 2. The Morgan fingerprint density at radius 1 is 1.15 bits per heavy atom. The Bertz CT molecular complexity index is 506. The van der Waals surface area contributed by atoms with Gasteiger partial charge in [-0.15, -0.1) is 0 Å². The van der Waals surface area contributed by atoms with Crippen LogP contribution in [0.4, 0.5) is 10.6 Å². The summed E-state index contributed by atoms with van der Waals surface area (Å²) in [5.41, 5.74) is 6.84. The van der Waals surface area contributed by atoms with Crippen LogP contribution >= 0.6 is 0 Å². The van der Waals surface area contributed by atoms with Crippen LogP contribution < -0.4 is 11.1 Å². The van der Waals surface area contributed by atoms with E-state index in [0.717, 1.165) is 11.3 Å². The average molecular weight is 276 g/mol. The van der Waals surface area contributed by atoms with E-state index in [-0.39, 0.29) is 0 Å². The van der Waals surface area contributed by atoms with Gasteiger partial charge in [-0.1, -0.05) is 58.0 Å². The number of anilines is 1. The highest BCUT2D eigenvalue weighted by atomic mass is 16.2. The summed E-state index contributed by atoms with van der Waals surface area (Å²) in [6.07, 6.45) is 0. The zero-order valence-corrected chi connectivity index (χ0v) is 12.8. The number of hydrogen-bond acceptors (Lipinski definition) is 2. The Hall–Kier alpha value is -2.30. The number of nitrogens with one attached hydrogen (secondary N) is 1. The van der Waals surface area contributed by atoms with Crippen LogP contribution in [0.5, 0.6) is 0 Å². The molecule has 0 bridgehead atoms. The molecule has 0 radical (unpaired) electrons. The molecule has 0 atom stereocenters. The monoisotopic (exact) mass is 276 g/mol. The van der Waals surface area contributed by atoms with Gasteiger partial charge in [0, 0.05) is 18.7 Å². The number of hydrogen-bond donors (Lipinski definition) is 2. The molecule has 2 rings (SSSR count). The van der Waals surface area contributed by atoms with Crippen molar-refractivity contribution in [1.82, 2.24) is 9.78 Å². The molecule has 5 nitrogen and oxygen atoms in total. The van der Waals surface area contributed by atoms with Gasteiger partial charge in [0.15, 0.2) is 0 Å². The molecule has 0 aliphatic rings. The molecule has 1 heterocycles. The van der Waals surface area contributed by atoms with Gasteiger partial charge in [-0.25, -0.2) is 4.79 Å². The van der Waals surface area contributed by atoms with Crippen LogP contribution in [-0.4, -0.2) is 15.8 Å². The Morgan fingerprint density at radius 3 is 2.20 bits per heavy atom. The summed E-state index contributed by atoms with van der Waals surface area (Å²) in [7, 11) is 1.75. The summed E-state index contributed by atoms with van der Waals surface area (Å²) in [6, 6.07) is 10.9. The zero-order valence-electron chi connectivity index (χ0n) is 12.8. The fraction of sp³-hybridized carbons (Fsp3) is 0.333. The minimum atomic E-state index is -0.595. The van der Waals surface area contributed by atoms with Gasteiger partial charge in [0.2, 0.25) is 0 Å². The standard InChI is InChI=1S/C11H12N4O.2C2H6/c1-15-10(13-11(12)16)7-9(14-15)8-5-3-2-4-6-8;2*1-2/h2-7H,1H3,(H3,12,13,16);2*1-2H3. The number of rotatable bonds is 2.